The molecule has 0 aliphatic heterocycles. The number of benzene rings is 1. The number of ether oxygens (including phenoxy) is 1. The fourth-order valence-corrected chi connectivity index (χ4v) is 4.94. The quantitative estimate of drug-likeness (QED) is 0.806. The van der Waals surface area contributed by atoms with E-state index in [-0.39, 0.29) is 23.6 Å². The first kappa shape index (κ1) is 20.7. The van der Waals surface area contributed by atoms with Crippen molar-refractivity contribution in [1.82, 2.24) is 5.32 Å². The summed E-state index contributed by atoms with van der Waals surface area (Å²) in [6.07, 6.45) is 4.03. The van der Waals surface area contributed by atoms with E-state index in [4.69, 9.17) is 4.74 Å². The first-order valence-corrected chi connectivity index (χ1v) is 11.2. The average molecular weight is 382 g/mol. The summed E-state index contributed by atoms with van der Waals surface area (Å²) in [4.78, 5) is 11.9. The molecule has 2 rings (SSSR count). The van der Waals surface area contributed by atoms with E-state index in [9.17, 15) is 13.2 Å². The largest absolute Gasteiger partial charge is 0.444 e. The van der Waals surface area contributed by atoms with E-state index in [0.717, 1.165) is 31.2 Å². The Morgan fingerprint density at radius 1 is 1.19 bits per heavy atom. The van der Waals surface area contributed by atoms with Gasteiger partial charge in [-0.25, -0.2) is 13.2 Å². The molecule has 2 atom stereocenters. The fraction of sp³-hybridized carbons (Fsp3) is 0.650. The van der Waals surface area contributed by atoms with E-state index >= 15 is 0 Å². The monoisotopic (exact) mass is 381 g/mol. The van der Waals surface area contributed by atoms with E-state index in [1.165, 1.54) is 0 Å². The average Bonchev–Trinajstić information content (AvgIpc) is 2.52. The van der Waals surface area contributed by atoms with Crippen molar-refractivity contribution in [3.05, 3.63) is 35.9 Å². The third kappa shape index (κ3) is 7.77. The molecule has 26 heavy (non-hydrogen) atoms. The van der Waals surface area contributed by atoms with Crippen molar-refractivity contribution in [2.45, 2.75) is 70.3 Å². The van der Waals surface area contributed by atoms with Gasteiger partial charge in [-0.2, -0.15) is 0 Å². The number of amides is 1. The topological polar surface area (TPSA) is 72.5 Å². The second kappa shape index (κ2) is 8.89. The van der Waals surface area contributed by atoms with Gasteiger partial charge in [0.2, 0.25) is 0 Å². The van der Waals surface area contributed by atoms with Crippen molar-refractivity contribution < 1.29 is 17.9 Å². The first-order chi connectivity index (χ1) is 12.1. The van der Waals surface area contributed by atoms with Gasteiger partial charge in [-0.1, -0.05) is 43.2 Å². The molecule has 0 aromatic heterocycles. The van der Waals surface area contributed by atoms with Crippen LogP contribution in [-0.2, 0) is 20.3 Å². The summed E-state index contributed by atoms with van der Waals surface area (Å²) in [5.74, 6) is 0.625. The van der Waals surface area contributed by atoms with E-state index < -0.39 is 15.4 Å². The number of sulfone groups is 1. The Kier molecular flexibility index (Phi) is 7.09. The minimum Gasteiger partial charge on any atom is -0.444 e. The zero-order valence-electron chi connectivity index (χ0n) is 16.0. The number of rotatable bonds is 6. The van der Waals surface area contributed by atoms with Crippen molar-refractivity contribution in [1.29, 1.82) is 0 Å². The first-order valence-electron chi connectivity index (χ1n) is 9.37. The van der Waals surface area contributed by atoms with Gasteiger partial charge in [-0.3, -0.25) is 0 Å². The molecule has 0 unspecified atom stereocenters. The number of carbonyl (C=O) groups is 1. The summed E-state index contributed by atoms with van der Waals surface area (Å²) < 4.78 is 30.0. The molecule has 0 saturated heterocycles. The van der Waals surface area contributed by atoms with E-state index in [1.54, 1.807) is 0 Å². The van der Waals surface area contributed by atoms with E-state index in [0.29, 0.717) is 12.3 Å². The molecule has 0 spiro atoms. The maximum Gasteiger partial charge on any atom is 0.407 e. The molecule has 0 radical (unpaired) electrons. The highest BCUT2D eigenvalue weighted by molar-refractivity contribution is 7.90. The Morgan fingerprint density at radius 2 is 1.88 bits per heavy atom. The van der Waals surface area contributed by atoms with Gasteiger partial charge < -0.3 is 10.1 Å². The molecule has 1 N–H and O–H groups in total. The predicted octanol–water partition coefficient (Wildman–Crippen LogP) is 4.08. The smallest absolute Gasteiger partial charge is 0.407 e. The molecule has 1 fully saturated rings. The molecule has 1 aliphatic rings. The molecule has 1 saturated carbocycles. The van der Waals surface area contributed by atoms with Crippen molar-refractivity contribution in [2.75, 3.05) is 5.75 Å². The lowest BCUT2D eigenvalue weighted by molar-refractivity contribution is 0.0484. The minimum absolute atomic E-state index is 0.0698. The Bertz CT molecular complexity index is 680. The van der Waals surface area contributed by atoms with Crippen LogP contribution in [0, 0.1) is 5.92 Å². The van der Waals surface area contributed by atoms with Gasteiger partial charge in [-0.05, 0) is 51.5 Å². The van der Waals surface area contributed by atoms with E-state index in [1.807, 2.05) is 51.1 Å². The van der Waals surface area contributed by atoms with Crippen molar-refractivity contribution >= 4 is 15.9 Å². The lowest BCUT2D eigenvalue weighted by Gasteiger charge is -2.30. The van der Waals surface area contributed by atoms with Crippen LogP contribution in [-0.4, -0.2) is 31.9 Å². The lowest BCUT2D eigenvalue weighted by atomic mass is 9.84. The van der Waals surface area contributed by atoms with Gasteiger partial charge in [0.1, 0.15) is 5.60 Å². The van der Waals surface area contributed by atoms with Gasteiger partial charge >= 0.3 is 6.09 Å². The van der Waals surface area contributed by atoms with Crippen LogP contribution >= 0.6 is 0 Å². The van der Waals surface area contributed by atoms with Crippen LogP contribution in [0.3, 0.4) is 0 Å². The highest BCUT2D eigenvalue weighted by Gasteiger charge is 2.26. The Labute approximate surface area is 157 Å². The summed E-state index contributed by atoms with van der Waals surface area (Å²) >= 11 is 0. The van der Waals surface area contributed by atoms with Crippen LogP contribution < -0.4 is 5.32 Å². The molecule has 1 aromatic carbocycles. The maximum absolute atomic E-state index is 12.4. The Morgan fingerprint density at radius 3 is 2.54 bits per heavy atom. The number of nitrogens with one attached hydrogen (secondary N) is 1. The molecule has 146 valence electrons. The second-order valence-corrected chi connectivity index (χ2v) is 10.4. The zero-order chi connectivity index (χ0) is 19.2. The predicted molar refractivity (Wildman–Crippen MR) is 104 cm³/mol. The molecule has 6 heteroatoms. The van der Waals surface area contributed by atoms with Crippen LogP contribution in [0.15, 0.2) is 30.3 Å². The summed E-state index contributed by atoms with van der Waals surface area (Å²) in [5.41, 5.74) is 0.324. The molecule has 1 aromatic rings. The standard InChI is InChI=1S/C20H31NO4S/c1-20(2,3)25-19(22)21-18-11-7-10-16(14-18)12-13-26(23,24)15-17-8-5-4-6-9-17/h4-6,8-9,16,18H,7,10-15H2,1-3H3,(H,21,22)/t16-,18-/m0/s1. The SMILES string of the molecule is CC(C)(C)OC(=O)N[C@H]1CCC[C@@H](CCS(=O)(=O)Cc2ccccc2)C1. The van der Waals surface area contributed by atoms with Crippen molar-refractivity contribution in [3.8, 4) is 0 Å². The summed E-state index contributed by atoms with van der Waals surface area (Å²) in [7, 11) is -3.11. The molecule has 0 bridgehead atoms. The summed E-state index contributed by atoms with van der Waals surface area (Å²) in [6.45, 7) is 5.52. The van der Waals surface area contributed by atoms with Crippen LogP contribution in [0.25, 0.3) is 0 Å². The van der Waals surface area contributed by atoms with Crippen molar-refractivity contribution in [3.63, 3.8) is 0 Å². The highest BCUT2D eigenvalue weighted by atomic mass is 32.2. The minimum atomic E-state index is -3.11. The number of alkyl carbamates (subject to hydrolysis) is 1. The lowest BCUT2D eigenvalue weighted by Crippen LogP contribution is -2.41. The normalized spacial score (nSPS) is 21.2. The zero-order valence-corrected chi connectivity index (χ0v) is 16.8. The molecule has 5 nitrogen and oxygen atoms in total. The molecule has 1 amide bonds. The Hall–Kier alpha value is -1.56. The number of carbonyl (C=O) groups excluding carboxylic acids is 1. The van der Waals surface area contributed by atoms with E-state index in [2.05, 4.69) is 5.32 Å². The fourth-order valence-electron chi connectivity index (χ4n) is 3.41. The van der Waals surface area contributed by atoms with Gasteiger partial charge in [0.15, 0.2) is 9.84 Å². The Balaban J connectivity index is 1.79. The molecular weight excluding hydrogens is 350 g/mol. The van der Waals surface area contributed by atoms with Gasteiger partial charge in [0, 0.05) is 6.04 Å². The van der Waals surface area contributed by atoms with Crippen LogP contribution in [0.1, 0.15) is 58.4 Å². The number of hydrogen-bond acceptors (Lipinski definition) is 4. The third-order valence-electron chi connectivity index (χ3n) is 4.57. The third-order valence-corrected chi connectivity index (χ3v) is 6.20. The van der Waals surface area contributed by atoms with Crippen LogP contribution in [0.5, 0.6) is 0 Å². The van der Waals surface area contributed by atoms with Gasteiger partial charge in [0.25, 0.3) is 0 Å². The molecule has 0 heterocycles. The second-order valence-electron chi connectivity index (χ2n) is 8.24. The molecular formula is C20H31NO4S. The van der Waals surface area contributed by atoms with Crippen molar-refractivity contribution in [2.24, 2.45) is 5.92 Å². The van der Waals surface area contributed by atoms with Gasteiger partial charge in [-0.15, -0.1) is 0 Å². The highest BCUT2D eigenvalue weighted by Crippen LogP contribution is 2.28. The summed E-state index contributed by atoms with van der Waals surface area (Å²) in [5, 5.41) is 2.93. The maximum atomic E-state index is 12.4. The summed E-state index contributed by atoms with van der Waals surface area (Å²) in [6, 6.07) is 9.37. The molecule has 1 aliphatic carbocycles. The number of hydrogen-bond donors (Lipinski definition) is 1. The van der Waals surface area contributed by atoms with Crippen LogP contribution in [0.2, 0.25) is 0 Å². The van der Waals surface area contributed by atoms with Crippen LogP contribution in [0.4, 0.5) is 4.79 Å². The van der Waals surface area contributed by atoms with Gasteiger partial charge in [0.05, 0.1) is 11.5 Å².